The molecule has 1 aliphatic rings. The van der Waals surface area contributed by atoms with Gasteiger partial charge in [-0.1, -0.05) is 74.4 Å². The fourth-order valence-corrected chi connectivity index (χ4v) is 5.25. The maximum absolute atomic E-state index is 13.2. The number of esters is 1. The molecule has 0 unspecified atom stereocenters. The fourth-order valence-electron chi connectivity index (χ4n) is 5.25. The van der Waals surface area contributed by atoms with E-state index in [1.807, 2.05) is 41.5 Å². The van der Waals surface area contributed by atoms with Gasteiger partial charge < -0.3 is 24.8 Å². The molecule has 0 fully saturated rings. The monoisotopic (exact) mass is 699 g/mol. The lowest BCUT2D eigenvalue weighted by atomic mass is 9.76. The molecule has 12 nitrogen and oxygen atoms in total. The van der Waals surface area contributed by atoms with Gasteiger partial charge >= 0.3 is 12.1 Å². The number of anilines is 1. The number of nitrogens with one attached hydrogen (secondary N) is 2. The van der Waals surface area contributed by atoms with E-state index in [1.54, 1.807) is 65.8 Å². The summed E-state index contributed by atoms with van der Waals surface area (Å²) in [4.78, 5) is 78.0. The number of carbonyl (C=O) groups excluding carboxylic acids is 6. The maximum Gasteiger partial charge on any atom is 0.407 e. The molecule has 0 saturated heterocycles. The number of alkyl carbamates (subject to hydrolysis) is 1. The minimum Gasteiger partial charge on any atom is -0.460 e. The van der Waals surface area contributed by atoms with Gasteiger partial charge in [0.05, 0.1) is 31.2 Å². The fraction of sp³-hybridized carbons (Fsp3) is 0.632. The van der Waals surface area contributed by atoms with E-state index in [0.717, 1.165) is 5.56 Å². The zero-order chi connectivity index (χ0) is 38.2. The molecular weight excluding hydrogens is 642 g/mol. The Kier molecular flexibility index (Phi) is 14.5. The molecular formula is C38H57N3O9. The first-order valence-corrected chi connectivity index (χ1v) is 17.2. The second-order valence-corrected chi connectivity index (χ2v) is 16.2. The van der Waals surface area contributed by atoms with E-state index in [1.165, 1.54) is 4.90 Å². The van der Waals surface area contributed by atoms with Crippen molar-refractivity contribution in [2.75, 3.05) is 31.7 Å². The lowest BCUT2D eigenvalue weighted by molar-refractivity contribution is -0.154. The van der Waals surface area contributed by atoms with Crippen LogP contribution < -0.4 is 10.6 Å². The van der Waals surface area contributed by atoms with Gasteiger partial charge in [0, 0.05) is 29.2 Å². The zero-order valence-corrected chi connectivity index (χ0v) is 31.9. The third-order valence-corrected chi connectivity index (χ3v) is 8.03. The van der Waals surface area contributed by atoms with Crippen LogP contribution in [-0.4, -0.2) is 72.9 Å². The van der Waals surface area contributed by atoms with Crippen molar-refractivity contribution in [3.63, 3.8) is 0 Å². The van der Waals surface area contributed by atoms with Crippen LogP contribution in [0.25, 0.3) is 0 Å². The first kappa shape index (κ1) is 42.1. The van der Waals surface area contributed by atoms with Crippen molar-refractivity contribution in [1.29, 1.82) is 0 Å². The molecule has 1 aliphatic heterocycles. The molecule has 278 valence electrons. The van der Waals surface area contributed by atoms with Gasteiger partial charge in [-0.25, -0.2) is 4.79 Å². The lowest BCUT2D eigenvalue weighted by Crippen LogP contribution is -2.45. The van der Waals surface area contributed by atoms with Crippen LogP contribution in [0.2, 0.25) is 0 Å². The smallest absolute Gasteiger partial charge is 0.407 e. The van der Waals surface area contributed by atoms with Crippen LogP contribution in [0.1, 0.15) is 95.1 Å². The molecule has 0 radical (unpaired) electrons. The van der Waals surface area contributed by atoms with Crippen molar-refractivity contribution < 1.29 is 43.0 Å². The first-order chi connectivity index (χ1) is 22.9. The number of amides is 4. The Morgan fingerprint density at radius 1 is 0.760 bits per heavy atom. The molecule has 1 aromatic carbocycles. The summed E-state index contributed by atoms with van der Waals surface area (Å²) in [5.74, 6) is -2.54. The van der Waals surface area contributed by atoms with Gasteiger partial charge in [-0.05, 0) is 55.2 Å². The Bertz CT molecular complexity index is 1410. The van der Waals surface area contributed by atoms with Crippen LogP contribution in [-0.2, 0) is 44.8 Å². The lowest BCUT2D eigenvalue weighted by Gasteiger charge is -2.25. The second-order valence-electron chi connectivity index (χ2n) is 16.2. The van der Waals surface area contributed by atoms with Crippen LogP contribution in [0.3, 0.4) is 0 Å². The van der Waals surface area contributed by atoms with E-state index in [9.17, 15) is 28.8 Å². The normalized spacial score (nSPS) is 15.3. The van der Waals surface area contributed by atoms with Gasteiger partial charge in [0.15, 0.2) is 5.78 Å². The topological polar surface area (TPSA) is 157 Å². The quantitative estimate of drug-likeness (QED) is 0.131. The molecule has 0 saturated carbocycles. The summed E-state index contributed by atoms with van der Waals surface area (Å²) in [6, 6.07) is 6.00. The number of nitrogens with zero attached hydrogens (tertiary/aromatic N) is 1. The van der Waals surface area contributed by atoms with Crippen molar-refractivity contribution in [3.05, 3.63) is 41.0 Å². The van der Waals surface area contributed by atoms with Crippen molar-refractivity contribution in [2.24, 2.45) is 28.1 Å². The molecule has 2 atom stereocenters. The van der Waals surface area contributed by atoms with E-state index in [-0.39, 0.29) is 74.8 Å². The van der Waals surface area contributed by atoms with Crippen LogP contribution in [0.5, 0.6) is 0 Å². The van der Waals surface area contributed by atoms with Crippen LogP contribution in [0.15, 0.2) is 35.4 Å². The van der Waals surface area contributed by atoms with Gasteiger partial charge in [0.25, 0.3) is 11.8 Å². The average molecular weight is 700 g/mol. The maximum atomic E-state index is 13.2. The molecule has 2 N–H and O–H groups in total. The number of imide groups is 1. The van der Waals surface area contributed by atoms with E-state index in [4.69, 9.17) is 14.2 Å². The van der Waals surface area contributed by atoms with Gasteiger partial charge in [-0.2, -0.15) is 0 Å². The van der Waals surface area contributed by atoms with Crippen LogP contribution in [0, 0.1) is 28.1 Å². The average Bonchev–Trinajstić information content (AvgIpc) is 3.26. The summed E-state index contributed by atoms with van der Waals surface area (Å²) < 4.78 is 16.1. The highest BCUT2D eigenvalue weighted by Crippen LogP contribution is 2.42. The van der Waals surface area contributed by atoms with Crippen LogP contribution in [0.4, 0.5) is 10.5 Å². The predicted molar refractivity (Wildman–Crippen MR) is 190 cm³/mol. The zero-order valence-electron chi connectivity index (χ0n) is 31.9. The van der Waals surface area contributed by atoms with E-state index < -0.39 is 34.3 Å². The number of ether oxygens (including phenoxy) is 3. The van der Waals surface area contributed by atoms with E-state index in [2.05, 4.69) is 10.6 Å². The Balaban J connectivity index is 1.79. The molecule has 0 aliphatic carbocycles. The molecule has 1 heterocycles. The van der Waals surface area contributed by atoms with Gasteiger partial charge in [-0.15, -0.1) is 0 Å². The van der Waals surface area contributed by atoms with Crippen molar-refractivity contribution in [1.82, 2.24) is 10.2 Å². The standard InChI is InChI=1S/C38H57N3O9/c1-23(2)30(27(42)21-24(3)31(43)39-26-15-13-25(14-16-26)22-50-34(46)38(10,11)12)40-35(47)49-20-19-48-18-17-41-32(44)28(36(4,5)6)29(33(41)45)37(7,8)9/h13-16,23-24,30H,17-22H2,1-12H3,(H,39,43)(H,40,47)/t24-,30+/m1/s1. The summed E-state index contributed by atoms with van der Waals surface area (Å²) >= 11 is 0. The van der Waals surface area contributed by atoms with Crippen molar-refractivity contribution in [2.45, 2.75) is 102 Å². The SMILES string of the molecule is CC(C)[C@H](NC(=O)OCCOCCN1C(=O)C(C(C)(C)C)=C(C(C)(C)C)C1=O)C(=O)C[C@@H](C)C(=O)Nc1ccc(COC(=O)C(C)(C)C)cc1. The number of Topliss-reactive ketones (excluding diaryl/α,β-unsaturated/α-hetero) is 1. The predicted octanol–water partition coefficient (Wildman–Crippen LogP) is 5.83. The molecule has 4 amide bonds. The minimum absolute atomic E-state index is 0.0237. The number of rotatable bonds is 15. The number of ketones is 1. The molecule has 1 aromatic rings. The molecule has 0 spiro atoms. The highest BCUT2D eigenvalue weighted by atomic mass is 16.6. The Morgan fingerprint density at radius 3 is 1.78 bits per heavy atom. The summed E-state index contributed by atoms with van der Waals surface area (Å²) in [6.07, 6.45) is -0.903. The van der Waals surface area contributed by atoms with Gasteiger partial charge in [0.1, 0.15) is 13.2 Å². The van der Waals surface area contributed by atoms with E-state index >= 15 is 0 Å². The number of carbonyl (C=O) groups is 6. The molecule has 2 rings (SSSR count). The Morgan fingerprint density at radius 2 is 1.30 bits per heavy atom. The molecule has 12 heteroatoms. The minimum atomic E-state index is -0.873. The molecule has 0 aromatic heterocycles. The summed E-state index contributed by atoms with van der Waals surface area (Å²) in [5, 5.41) is 5.38. The number of hydrogen-bond acceptors (Lipinski definition) is 9. The molecule has 0 bridgehead atoms. The van der Waals surface area contributed by atoms with Gasteiger partial charge in [0.2, 0.25) is 5.91 Å². The third-order valence-electron chi connectivity index (χ3n) is 8.03. The first-order valence-electron chi connectivity index (χ1n) is 17.2. The highest BCUT2D eigenvalue weighted by molar-refractivity contribution is 6.20. The number of hydrogen-bond donors (Lipinski definition) is 2. The summed E-state index contributed by atoms with van der Waals surface area (Å²) in [5.41, 5.74) is 0.743. The van der Waals surface area contributed by atoms with Crippen molar-refractivity contribution >= 4 is 41.3 Å². The van der Waals surface area contributed by atoms with Gasteiger partial charge in [-0.3, -0.25) is 28.9 Å². The number of benzene rings is 1. The Hall–Kier alpha value is -4.06. The second kappa shape index (κ2) is 17.2. The third kappa shape index (κ3) is 12.1. The summed E-state index contributed by atoms with van der Waals surface area (Å²) in [6.45, 7) is 22.2. The summed E-state index contributed by atoms with van der Waals surface area (Å²) in [7, 11) is 0. The molecule has 50 heavy (non-hydrogen) atoms. The largest absolute Gasteiger partial charge is 0.460 e. The highest BCUT2D eigenvalue weighted by Gasteiger charge is 2.46. The van der Waals surface area contributed by atoms with E-state index in [0.29, 0.717) is 16.8 Å². The van der Waals surface area contributed by atoms with Crippen molar-refractivity contribution in [3.8, 4) is 0 Å². The van der Waals surface area contributed by atoms with Crippen LogP contribution >= 0.6 is 0 Å². The Labute approximate surface area is 297 Å².